The van der Waals surface area contributed by atoms with Gasteiger partial charge in [-0.2, -0.15) is 0 Å². The smallest absolute Gasteiger partial charge is 0.236 e. The Balaban J connectivity index is 2.00. The van der Waals surface area contributed by atoms with E-state index < -0.39 is 0 Å². The fourth-order valence-corrected chi connectivity index (χ4v) is 2.14. The van der Waals surface area contributed by atoms with E-state index in [-0.39, 0.29) is 11.9 Å². The van der Waals surface area contributed by atoms with Gasteiger partial charge in [-0.1, -0.05) is 23.7 Å². The van der Waals surface area contributed by atoms with Gasteiger partial charge in [0.2, 0.25) is 5.91 Å². The van der Waals surface area contributed by atoms with Crippen molar-refractivity contribution < 1.29 is 4.79 Å². The Kier molecular flexibility index (Phi) is 4.25. The number of halogens is 1. The van der Waals surface area contributed by atoms with Gasteiger partial charge in [-0.15, -0.1) is 0 Å². The van der Waals surface area contributed by atoms with E-state index in [0.717, 1.165) is 5.02 Å². The summed E-state index contributed by atoms with van der Waals surface area (Å²) in [5.41, 5.74) is 1.22. The maximum Gasteiger partial charge on any atom is 0.236 e. The molecule has 0 heterocycles. The standard InChI is InChI=1S/C14H19ClN2O/c1-17(2)13(18)9-16-14(10-3-4-10)11-5-7-12(15)8-6-11/h5-8,10,14,16H,3-4,9H2,1-2H3. The number of carbonyl (C=O) groups excluding carboxylic acids is 1. The minimum absolute atomic E-state index is 0.106. The molecule has 1 saturated carbocycles. The van der Waals surface area contributed by atoms with Gasteiger partial charge >= 0.3 is 0 Å². The van der Waals surface area contributed by atoms with E-state index in [1.54, 1.807) is 19.0 Å². The van der Waals surface area contributed by atoms with E-state index in [1.807, 2.05) is 24.3 Å². The van der Waals surface area contributed by atoms with Crippen LogP contribution in [0.15, 0.2) is 24.3 Å². The van der Waals surface area contributed by atoms with Crippen molar-refractivity contribution in [2.45, 2.75) is 18.9 Å². The molecule has 0 aromatic heterocycles. The van der Waals surface area contributed by atoms with Crippen molar-refractivity contribution in [3.05, 3.63) is 34.9 Å². The van der Waals surface area contributed by atoms with Crippen molar-refractivity contribution in [3.63, 3.8) is 0 Å². The molecule has 0 spiro atoms. The SMILES string of the molecule is CN(C)C(=O)CNC(c1ccc(Cl)cc1)C1CC1. The maximum atomic E-state index is 11.6. The molecule has 0 radical (unpaired) electrons. The van der Waals surface area contributed by atoms with Gasteiger partial charge in [-0.3, -0.25) is 4.79 Å². The van der Waals surface area contributed by atoms with Crippen molar-refractivity contribution in [2.24, 2.45) is 5.92 Å². The summed E-state index contributed by atoms with van der Waals surface area (Å²) >= 11 is 5.90. The van der Waals surface area contributed by atoms with Crippen molar-refractivity contribution in [2.75, 3.05) is 20.6 Å². The lowest BCUT2D eigenvalue weighted by atomic mass is 10.0. The average Bonchev–Trinajstić information content (AvgIpc) is 3.15. The normalized spacial score (nSPS) is 16.4. The second kappa shape index (κ2) is 5.72. The number of nitrogens with one attached hydrogen (secondary N) is 1. The van der Waals surface area contributed by atoms with Gasteiger partial charge in [0.1, 0.15) is 0 Å². The van der Waals surface area contributed by atoms with Crippen LogP contribution in [0.25, 0.3) is 0 Å². The maximum absolute atomic E-state index is 11.6. The second-order valence-electron chi connectivity index (χ2n) is 5.04. The zero-order valence-corrected chi connectivity index (χ0v) is 11.6. The van der Waals surface area contributed by atoms with Crippen LogP contribution in [-0.4, -0.2) is 31.4 Å². The van der Waals surface area contributed by atoms with Crippen LogP contribution < -0.4 is 5.32 Å². The molecule has 98 valence electrons. The number of hydrogen-bond acceptors (Lipinski definition) is 2. The lowest BCUT2D eigenvalue weighted by Crippen LogP contribution is -2.35. The van der Waals surface area contributed by atoms with Gasteiger partial charge in [0.05, 0.1) is 6.54 Å². The summed E-state index contributed by atoms with van der Waals surface area (Å²) < 4.78 is 0. The molecule has 0 saturated heterocycles. The first kappa shape index (κ1) is 13.4. The molecule has 0 bridgehead atoms. The van der Waals surface area contributed by atoms with Crippen LogP contribution >= 0.6 is 11.6 Å². The molecule has 2 rings (SSSR count). The summed E-state index contributed by atoms with van der Waals surface area (Å²) in [4.78, 5) is 13.2. The van der Waals surface area contributed by atoms with Crippen molar-refractivity contribution >= 4 is 17.5 Å². The van der Waals surface area contributed by atoms with Gasteiger partial charge in [-0.05, 0) is 36.5 Å². The molecule has 3 nitrogen and oxygen atoms in total. The summed E-state index contributed by atoms with van der Waals surface area (Å²) in [7, 11) is 3.55. The highest BCUT2D eigenvalue weighted by molar-refractivity contribution is 6.30. The predicted molar refractivity (Wildman–Crippen MR) is 73.6 cm³/mol. The molecule has 1 aliphatic carbocycles. The van der Waals surface area contributed by atoms with Gasteiger partial charge in [0.15, 0.2) is 0 Å². The highest BCUT2D eigenvalue weighted by atomic mass is 35.5. The summed E-state index contributed by atoms with van der Waals surface area (Å²) in [6, 6.07) is 8.16. The third kappa shape index (κ3) is 3.47. The third-order valence-corrected chi connectivity index (χ3v) is 3.55. The minimum atomic E-state index is 0.106. The molecule has 1 aromatic carbocycles. The number of amides is 1. The molecular formula is C14H19ClN2O. The molecule has 1 unspecified atom stereocenters. The number of rotatable bonds is 5. The molecule has 18 heavy (non-hydrogen) atoms. The molecular weight excluding hydrogens is 248 g/mol. The summed E-state index contributed by atoms with van der Waals surface area (Å²) in [5, 5.41) is 4.11. The summed E-state index contributed by atoms with van der Waals surface area (Å²) in [6.45, 7) is 0.386. The lowest BCUT2D eigenvalue weighted by molar-refractivity contribution is -0.127. The van der Waals surface area contributed by atoms with Crippen molar-refractivity contribution in [1.29, 1.82) is 0 Å². The Hall–Kier alpha value is -1.06. The first-order valence-electron chi connectivity index (χ1n) is 6.27. The van der Waals surface area contributed by atoms with Crippen LogP contribution in [0, 0.1) is 5.92 Å². The number of carbonyl (C=O) groups is 1. The lowest BCUT2D eigenvalue weighted by Gasteiger charge is -2.20. The van der Waals surface area contributed by atoms with Crippen LogP contribution in [0.2, 0.25) is 5.02 Å². The Morgan fingerprint density at radius 3 is 2.50 bits per heavy atom. The van der Waals surface area contributed by atoms with Crippen LogP contribution in [0.1, 0.15) is 24.4 Å². The van der Waals surface area contributed by atoms with Crippen LogP contribution in [0.5, 0.6) is 0 Å². The largest absolute Gasteiger partial charge is 0.348 e. The molecule has 1 aromatic rings. The van der Waals surface area contributed by atoms with Gasteiger partial charge in [-0.25, -0.2) is 0 Å². The van der Waals surface area contributed by atoms with Crippen LogP contribution in [-0.2, 0) is 4.79 Å². The number of likely N-dealkylation sites (N-methyl/N-ethyl adjacent to an activating group) is 1. The van der Waals surface area contributed by atoms with Gasteiger partial charge < -0.3 is 10.2 Å². The molecule has 1 atom stereocenters. The Bertz CT molecular complexity index is 412. The topological polar surface area (TPSA) is 32.3 Å². The monoisotopic (exact) mass is 266 g/mol. The van der Waals surface area contributed by atoms with E-state index in [2.05, 4.69) is 5.32 Å². The molecule has 1 amide bonds. The third-order valence-electron chi connectivity index (χ3n) is 3.29. The van der Waals surface area contributed by atoms with Crippen molar-refractivity contribution in [3.8, 4) is 0 Å². The number of benzene rings is 1. The fourth-order valence-electron chi connectivity index (χ4n) is 2.01. The predicted octanol–water partition coefficient (Wildman–Crippen LogP) is 2.47. The quantitative estimate of drug-likeness (QED) is 0.888. The van der Waals surface area contributed by atoms with Crippen LogP contribution in [0.4, 0.5) is 0 Å². The van der Waals surface area contributed by atoms with E-state index in [4.69, 9.17) is 11.6 Å². The molecule has 1 fully saturated rings. The average molecular weight is 267 g/mol. The summed E-state index contributed by atoms with van der Waals surface area (Å²) in [5.74, 6) is 0.760. The number of hydrogen-bond donors (Lipinski definition) is 1. The Morgan fingerprint density at radius 1 is 1.39 bits per heavy atom. The minimum Gasteiger partial charge on any atom is -0.348 e. The Morgan fingerprint density at radius 2 is 2.00 bits per heavy atom. The molecule has 1 N–H and O–H groups in total. The fraction of sp³-hybridized carbons (Fsp3) is 0.500. The molecule has 4 heteroatoms. The Labute approximate surface area is 113 Å². The second-order valence-corrected chi connectivity index (χ2v) is 5.47. The van der Waals surface area contributed by atoms with E-state index in [0.29, 0.717) is 12.5 Å². The highest BCUT2D eigenvalue weighted by Crippen LogP contribution is 2.41. The van der Waals surface area contributed by atoms with E-state index in [1.165, 1.54) is 18.4 Å². The zero-order chi connectivity index (χ0) is 13.1. The van der Waals surface area contributed by atoms with Crippen LogP contribution in [0.3, 0.4) is 0 Å². The van der Waals surface area contributed by atoms with E-state index >= 15 is 0 Å². The van der Waals surface area contributed by atoms with Crippen molar-refractivity contribution in [1.82, 2.24) is 10.2 Å². The first-order chi connectivity index (χ1) is 8.58. The number of nitrogens with zero attached hydrogens (tertiary/aromatic N) is 1. The first-order valence-corrected chi connectivity index (χ1v) is 6.64. The summed E-state index contributed by atoms with van der Waals surface area (Å²) in [6.07, 6.45) is 2.47. The van der Waals surface area contributed by atoms with Gasteiger partial charge in [0, 0.05) is 25.2 Å². The van der Waals surface area contributed by atoms with E-state index in [9.17, 15) is 4.79 Å². The van der Waals surface area contributed by atoms with Gasteiger partial charge in [0.25, 0.3) is 0 Å². The zero-order valence-electron chi connectivity index (χ0n) is 10.8. The molecule has 1 aliphatic rings. The highest BCUT2D eigenvalue weighted by Gasteiger charge is 2.32. The molecule has 0 aliphatic heterocycles.